The minimum atomic E-state index is -3.81. The lowest BCUT2D eigenvalue weighted by atomic mass is 10.2. The summed E-state index contributed by atoms with van der Waals surface area (Å²) in [6.45, 7) is 3.93. The molecule has 2 aromatic rings. The highest BCUT2D eigenvalue weighted by Crippen LogP contribution is 2.28. The molecule has 0 atom stereocenters. The van der Waals surface area contributed by atoms with Gasteiger partial charge in [0.25, 0.3) is 5.91 Å². The molecular weight excluding hydrogens is 395 g/mol. The number of halogens is 2. The number of rotatable bonds is 7. The minimum absolute atomic E-state index is 0.148. The van der Waals surface area contributed by atoms with Crippen molar-refractivity contribution in [3.8, 4) is 5.75 Å². The molecule has 0 unspecified atom stereocenters. The van der Waals surface area contributed by atoms with Crippen LogP contribution in [0.3, 0.4) is 0 Å². The zero-order valence-electron chi connectivity index (χ0n) is 15.1. The second kappa shape index (κ2) is 8.69. The van der Waals surface area contributed by atoms with Crippen molar-refractivity contribution in [3.63, 3.8) is 0 Å². The molecule has 0 heterocycles. The number of methoxy groups -OCH3 is 1. The van der Waals surface area contributed by atoms with Crippen molar-refractivity contribution in [1.29, 1.82) is 0 Å². The Bertz CT molecular complexity index is 946. The van der Waals surface area contributed by atoms with Crippen LogP contribution in [0.1, 0.15) is 24.2 Å². The van der Waals surface area contributed by atoms with Crippen LogP contribution < -0.4 is 10.1 Å². The number of ether oxygens (including phenoxy) is 1. The van der Waals surface area contributed by atoms with Gasteiger partial charge >= 0.3 is 0 Å². The van der Waals surface area contributed by atoms with Crippen LogP contribution in [0.2, 0.25) is 5.02 Å². The van der Waals surface area contributed by atoms with E-state index in [0.717, 1.165) is 18.2 Å². The molecular formula is C18H20ClFN2O4S. The largest absolute Gasteiger partial charge is 0.495 e. The van der Waals surface area contributed by atoms with Gasteiger partial charge < -0.3 is 10.1 Å². The molecule has 146 valence electrons. The Labute approximate surface area is 162 Å². The molecule has 0 aliphatic rings. The van der Waals surface area contributed by atoms with E-state index in [2.05, 4.69) is 5.32 Å². The van der Waals surface area contributed by atoms with Crippen LogP contribution in [0.25, 0.3) is 0 Å². The summed E-state index contributed by atoms with van der Waals surface area (Å²) in [7, 11) is -2.36. The highest BCUT2D eigenvalue weighted by atomic mass is 35.5. The molecule has 27 heavy (non-hydrogen) atoms. The van der Waals surface area contributed by atoms with Crippen molar-refractivity contribution in [2.24, 2.45) is 0 Å². The minimum Gasteiger partial charge on any atom is -0.495 e. The first-order chi connectivity index (χ1) is 12.7. The molecule has 0 spiro atoms. The van der Waals surface area contributed by atoms with Gasteiger partial charge in [-0.3, -0.25) is 4.79 Å². The maximum atomic E-state index is 14.2. The van der Waals surface area contributed by atoms with Crippen molar-refractivity contribution in [1.82, 2.24) is 4.31 Å². The van der Waals surface area contributed by atoms with Gasteiger partial charge in [0.05, 0.1) is 22.6 Å². The molecule has 0 aliphatic heterocycles. The molecule has 0 radical (unpaired) electrons. The Morgan fingerprint density at radius 1 is 1.19 bits per heavy atom. The fourth-order valence-electron chi connectivity index (χ4n) is 2.49. The lowest BCUT2D eigenvalue weighted by molar-refractivity contribution is 0.102. The summed E-state index contributed by atoms with van der Waals surface area (Å²) in [5.41, 5.74) is -0.0580. The van der Waals surface area contributed by atoms with Crippen LogP contribution in [0.4, 0.5) is 10.1 Å². The van der Waals surface area contributed by atoms with Gasteiger partial charge in [-0.25, -0.2) is 12.8 Å². The summed E-state index contributed by atoms with van der Waals surface area (Å²) >= 11 is 6.01. The molecule has 6 nitrogen and oxygen atoms in total. The van der Waals surface area contributed by atoms with Gasteiger partial charge in [0, 0.05) is 18.8 Å². The molecule has 2 aromatic carbocycles. The van der Waals surface area contributed by atoms with Gasteiger partial charge in [-0.2, -0.15) is 4.31 Å². The predicted octanol–water partition coefficient (Wildman–Crippen LogP) is 3.77. The van der Waals surface area contributed by atoms with Crippen LogP contribution in [-0.4, -0.2) is 38.8 Å². The van der Waals surface area contributed by atoms with E-state index in [9.17, 15) is 17.6 Å². The van der Waals surface area contributed by atoms with Gasteiger partial charge in [-0.15, -0.1) is 0 Å². The summed E-state index contributed by atoms with van der Waals surface area (Å²) in [5, 5.41) is 2.77. The number of carbonyl (C=O) groups excluding carboxylic acids is 1. The van der Waals surface area contributed by atoms with Crippen molar-refractivity contribution in [2.75, 3.05) is 25.5 Å². The number of sulfonamides is 1. The Morgan fingerprint density at radius 2 is 1.85 bits per heavy atom. The summed E-state index contributed by atoms with van der Waals surface area (Å²) in [5.74, 6) is -1.19. The second-order valence-corrected chi connectivity index (χ2v) is 7.88. The standard InChI is InChI=1S/C18H20ClFN2O4S/c1-4-22(5-2)27(24,25)13-7-8-16(20)14(11-13)18(23)21-12-6-9-17(26-3)15(19)10-12/h6-11H,4-5H2,1-3H3,(H,21,23). The zero-order valence-corrected chi connectivity index (χ0v) is 16.7. The third kappa shape index (κ3) is 4.58. The maximum absolute atomic E-state index is 14.2. The highest BCUT2D eigenvalue weighted by molar-refractivity contribution is 7.89. The third-order valence-electron chi connectivity index (χ3n) is 3.94. The average molecular weight is 415 g/mol. The summed E-state index contributed by atoms with van der Waals surface area (Å²) in [6, 6.07) is 7.68. The Hall–Kier alpha value is -2.16. The fourth-order valence-corrected chi connectivity index (χ4v) is 4.24. The third-order valence-corrected chi connectivity index (χ3v) is 6.28. The number of benzene rings is 2. The first-order valence-corrected chi connectivity index (χ1v) is 10.0. The van der Waals surface area contributed by atoms with Gasteiger partial charge in [0.15, 0.2) is 0 Å². The Morgan fingerprint density at radius 3 is 2.41 bits per heavy atom. The van der Waals surface area contributed by atoms with E-state index in [1.807, 2.05) is 0 Å². The first kappa shape index (κ1) is 21.1. The number of carbonyl (C=O) groups is 1. The molecule has 0 bridgehead atoms. The molecule has 1 amide bonds. The number of amides is 1. The van der Waals surface area contributed by atoms with Crippen molar-refractivity contribution >= 4 is 33.2 Å². The molecule has 0 aromatic heterocycles. The van der Waals surface area contributed by atoms with Gasteiger partial charge in [-0.1, -0.05) is 25.4 Å². The monoisotopic (exact) mass is 414 g/mol. The van der Waals surface area contributed by atoms with E-state index in [1.165, 1.54) is 23.5 Å². The number of nitrogens with one attached hydrogen (secondary N) is 1. The lowest BCUT2D eigenvalue weighted by Gasteiger charge is -2.19. The van der Waals surface area contributed by atoms with Gasteiger partial charge in [-0.05, 0) is 36.4 Å². The molecule has 0 aliphatic carbocycles. The van der Waals surface area contributed by atoms with Crippen LogP contribution >= 0.6 is 11.6 Å². The summed E-state index contributed by atoms with van der Waals surface area (Å²) in [6.07, 6.45) is 0. The number of hydrogen-bond donors (Lipinski definition) is 1. The van der Waals surface area contributed by atoms with E-state index in [0.29, 0.717) is 11.4 Å². The van der Waals surface area contributed by atoms with E-state index >= 15 is 0 Å². The van der Waals surface area contributed by atoms with Crippen LogP contribution in [0.5, 0.6) is 5.75 Å². The quantitative estimate of drug-likeness (QED) is 0.748. The molecule has 0 saturated heterocycles. The van der Waals surface area contributed by atoms with Crippen molar-refractivity contribution in [3.05, 3.63) is 52.8 Å². The normalized spacial score (nSPS) is 11.5. The van der Waals surface area contributed by atoms with Crippen LogP contribution in [0.15, 0.2) is 41.3 Å². The molecule has 0 saturated carbocycles. The second-order valence-electron chi connectivity index (χ2n) is 5.53. The lowest BCUT2D eigenvalue weighted by Crippen LogP contribution is -2.31. The number of hydrogen-bond acceptors (Lipinski definition) is 4. The highest BCUT2D eigenvalue weighted by Gasteiger charge is 2.24. The zero-order chi connectivity index (χ0) is 20.2. The first-order valence-electron chi connectivity index (χ1n) is 8.19. The van der Waals surface area contributed by atoms with Crippen molar-refractivity contribution in [2.45, 2.75) is 18.7 Å². The van der Waals surface area contributed by atoms with E-state index in [4.69, 9.17) is 16.3 Å². The van der Waals surface area contributed by atoms with E-state index in [1.54, 1.807) is 19.9 Å². The number of nitrogens with zero attached hydrogens (tertiary/aromatic N) is 1. The van der Waals surface area contributed by atoms with Crippen LogP contribution in [0, 0.1) is 5.82 Å². The predicted molar refractivity (Wildman–Crippen MR) is 102 cm³/mol. The topological polar surface area (TPSA) is 75.7 Å². The fraction of sp³-hybridized carbons (Fsp3) is 0.278. The molecule has 1 N–H and O–H groups in total. The smallest absolute Gasteiger partial charge is 0.258 e. The number of anilines is 1. The SMILES string of the molecule is CCN(CC)S(=O)(=O)c1ccc(F)c(C(=O)Nc2ccc(OC)c(Cl)c2)c1. The van der Waals surface area contributed by atoms with E-state index < -0.39 is 21.7 Å². The average Bonchev–Trinajstić information content (AvgIpc) is 2.62. The van der Waals surface area contributed by atoms with E-state index in [-0.39, 0.29) is 28.6 Å². The molecule has 9 heteroatoms. The summed E-state index contributed by atoms with van der Waals surface area (Å²) in [4.78, 5) is 12.3. The molecule has 0 fully saturated rings. The summed E-state index contributed by atoms with van der Waals surface area (Å²) < 4.78 is 45.6. The van der Waals surface area contributed by atoms with Gasteiger partial charge in [0.2, 0.25) is 10.0 Å². The van der Waals surface area contributed by atoms with Gasteiger partial charge in [0.1, 0.15) is 11.6 Å². The maximum Gasteiger partial charge on any atom is 0.258 e. The Kier molecular flexibility index (Phi) is 6.80. The Balaban J connectivity index is 2.35. The molecule has 2 rings (SSSR count). The van der Waals surface area contributed by atoms with Crippen molar-refractivity contribution < 1.29 is 22.3 Å². The van der Waals surface area contributed by atoms with Crippen LogP contribution in [-0.2, 0) is 10.0 Å².